The molecule has 0 fully saturated rings. The lowest BCUT2D eigenvalue weighted by Crippen LogP contribution is -1.93. The smallest absolute Gasteiger partial charge is 0.128 e. The summed E-state index contributed by atoms with van der Waals surface area (Å²) in [5, 5.41) is 2.98. The largest absolute Gasteiger partial charge is 0.373 e. The Balaban J connectivity index is 3.01. The van der Waals surface area contributed by atoms with Gasteiger partial charge >= 0.3 is 0 Å². The molecule has 48 valence electrons. The van der Waals surface area contributed by atoms with Crippen LogP contribution in [-0.4, -0.2) is 12.0 Å². The fraction of sp³-hybridized carbons (Fsp3) is 0.286. The van der Waals surface area contributed by atoms with E-state index in [9.17, 15) is 0 Å². The minimum Gasteiger partial charge on any atom is -0.373 e. The van der Waals surface area contributed by atoms with Crippen molar-refractivity contribution in [2.24, 2.45) is 0 Å². The molecule has 0 aliphatic rings. The molecule has 0 spiro atoms. The molecule has 0 aromatic carbocycles. The Bertz CT molecular complexity index is 196. The Morgan fingerprint density at radius 3 is 2.78 bits per heavy atom. The average molecular weight is 122 g/mol. The second-order valence-electron chi connectivity index (χ2n) is 1.92. The first-order valence-corrected chi connectivity index (χ1v) is 2.94. The van der Waals surface area contributed by atoms with Crippen molar-refractivity contribution in [3.05, 3.63) is 23.9 Å². The molecule has 1 rings (SSSR count). The van der Waals surface area contributed by atoms with Crippen LogP contribution >= 0.6 is 0 Å². The van der Waals surface area contributed by atoms with Crippen LogP contribution in [0.4, 0.5) is 5.82 Å². The normalized spacial score (nSPS) is 9.11. The van der Waals surface area contributed by atoms with Gasteiger partial charge in [0.1, 0.15) is 5.82 Å². The van der Waals surface area contributed by atoms with Gasteiger partial charge in [-0.3, -0.25) is 0 Å². The fourth-order valence-electron chi connectivity index (χ4n) is 0.747. The first-order chi connectivity index (χ1) is 4.34. The molecule has 0 unspecified atom stereocenters. The monoisotopic (exact) mass is 122 g/mol. The quantitative estimate of drug-likeness (QED) is 0.609. The number of rotatable bonds is 1. The van der Waals surface area contributed by atoms with Crippen molar-refractivity contribution in [2.45, 2.75) is 6.92 Å². The van der Waals surface area contributed by atoms with Crippen LogP contribution in [0.25, 0.3) is 0 Å². The molecule has 1 aromatic rings. The molecule has 1 heterocycles. The molecule has 1 N–H and O–H groups in total. The van der Waals surface area contributed by atoms with Crippen molar-refractivity contribution in [1.82, 2.24) is 4.98 Å². The molecule has 0 aliphatic heterocycles. The summed E-state index contributed by atoms with van der Waals surface area (Å²) in [6.45, 7) is 2.03. The highest BCUT2D eigenvalue weighted by Gasteiger charge is 1.90. The number of pyridine rings is 1. The van der Waals surface area contributed by atoms with Crippen LogP contribution in [0.15, 0.2) is 18.3 Å². The fourth-order valence-corrected chi connectivity index (χ4v) is 0.747. The lowest BCUT2D eigenvalue weighted by atomic mass is 10.3. The van der Waals surface area contributed by atoms with Crippen molar-refractivity contribution in [3.8, 4) is 0 Å². The number of hydrogen-bond donors (Lipinski definition) is 1. The van der Waals surface area contributed by atoms with Crippen LogP contribution in [-0.2, 0) is 0 Å². The van der Waals surface area contributed by atoms with E-state index in [0.717, 1.165) is 5.82 Å². The molecule has 0 bridgehead atoms. The van der Waals surface area contributed by atoms with E-state index in [-0.39, 0.29) is 0 Å². The third-order valence-corrected chi connectivity index (χ3v) is 1.25. The van der Waals surface area contributed by atoms with Crippen molar-refractivity contribution in [2.75, 3.05) is 12.4 Å². The molecule has 0 radical (unpaired) electrons. The van der Waals surface area contributed by atoms with Crippen LogP contribution in [0.3, 0.4) is 0 Å². The molecule has 0 atom stereocenters. The van der Waals surface area contributed by atoms with Gasteiger partial charge in [-0.25, -0.2) is 4.98 Å². The number of anilines is 1. The Labute approximate surface area is 54.9 Å². The molecule has 0 aliphatic carbocycles. The Hall–Kier alpha value is -1.05. The maximum Gasteiger partial charge on any atom is 0.128 e. The standard InChI is InChI=1S/C7H10N2/c1-6-4-3-5-9-7(6)8-2/h3-5H,1-2H3,(H,8,9). The molecule has 1 aromatic heterocycles. The van der Waals surface area contributed by atoms with Crippen LogP contribution in [0.1, 0.15) is 5.56 Å². The predicted molar refractivity (Wildman–Crippen MR) is 38.5 cm³/mol. The van der Waals surface area contributed by atoms with Gasteiger partial charge in [0.05, 0.1) is 0 Å². The maximum atomic E-state index is 4.09. The highest BCUT2D eigenvalue weighted by molar-refractivity contribution is 5.41. The van der Waals surface area contributed by atoms with E-state index in [0.29, 0.717) is 0 Å². The molecular formula is C7H10N2. The first-order valence-electron chi connectivity index (χ1n) is 2.94. The average Bonchev–Trinajstić information content (AvgIpc) is 1.89. The van der Waals surface area contributed by atoms with E-state index in [1.54, 1.807) is 6.20 Å². The highest BCUT2D eigenvalue weighted by atomic mass is 14.9. The van der Waals surface area contributed by atoms with E-state index >= 15 is 0 Å². The summed E-state index contributed by atoms with van der Waals surface area (Å²) in [4.78, 5) is 4.09. The lowest BCUT2D eigenvalue weighted by molar-refractivity contribution is 1.24. The second kappa shape index (κ2) is 2.49. The van der Waals surface area contributed by atoms with Crippen molar-refractivity contribution >= 4 is 5.82 Å². The van der Waals surface area contributed by atoms with E-state index in [1.807, 2.05) is 26.1 Å². The molecule has 2 heteroatoms. The Kier molecular flexibility index (Phi) is 1.68. The molecular weight excluding hydrogens is 112 g/mol. The van der Waals surface area contributed by atoms with Crippen LogP contribution < -0.4 is 5.32 Å². The highest BCUT2D eigenvalue weighted by Crippen LogP contribution is 2.06. The van der Waals surface area contributed by atoms with E-state index in [4.69, 9.17) is 0 Å². The Morgan fingerprint density at radius 2 is 2.33 bits per heavy atom. The zero-order chi connectivity index (χ0) is 6.69. The molecule has 9 heavy (non-hydrogen) atoms. The van der Waals surface area contributed by atoms with Crippen LogP contribution in [0.5, 0.6) is 0 Å². The zero-order valence-corrected chi connectivity index (χ0v) is 5.68. The van der Waals surface area contributed by atoms with Gasteiger partial charge < -0.3 is 5.32 Å². The van der Waals surface area contributed by atoms with E-state index in [2.05, 4.69) is 10.3 Å². The summed E-state index contributed by atoms with van der Waals surface area (Å²) in [6, 6.07) is 3.95. The van der Waals surface area contributed by atoms with Gasteiger partial charge in [0.2, 0.25) is 0 Å². The molecule has 2 nitrogen and oxygen atoms in total. The summed E-state index contributed by atoms with van der Waals surface area (Å²) >= 11 is 0. The number of hydrogen-bond acceptors (Lipinski definition) is 2. The third kappa shape index (κ3) is 1.19. The van der Waals surface area contributed by atoms with Crippen molar-refractivity contribution in [1.29, 1.82) is 0 Å². The molecule has 0 saturated heterocycles. The number of aromatic nitrogens is 1. The maximum absolute atomic E-state index is 4.09. The summed E-state index contributed by atoms with van der Waals surface area (Å²) in [5.41, 5.74) is 1.18. The molecule has 0 amide bonds. The van der Waals surface area contributed by atoms with Crippen LogP contribution in [0, 0.1) is 6.92 Å². The molecule has 0 saturated carbocycles. The van der Waals surface area contributed by atoms with Gasteiger partial charge in [0.25, 0.3) is 0 Å². The van der Waals surface area contributed by atoms with Gasteiger partial charge in [0, 0.05) is 13.2 Å². The van der Waals surface area contributed by atoms with Gasteiger partial charge in [-0.15, -0.1) is 0 Å². The summed E-state index contributed by atoms with van der Waals surface area (Å²) in [7, 11) is 1.87. The van der Waals surface area contributed by atoms with Crippen molar-refractivity contribution < 1.29 is 0 Å². The van der Waals surface area contributed by atoms with E-state index in [1.165, 1.54) is 5.56 Å². The van der Waals surface area contributed by atoms with E-state index < -0.39 is 0 Å². The zero-order valence-electron chi connectivity index (χ0n) is 5.68. The predicted octanol–water partition coefficient (Wildman–Crippen LogP) is 1.43. The minimum absolute atomic E-state index is 0.956. The summed E-state index contributed by atoms with van der Waals surface area (Å²) < 4.78 is 0. The topological polar surface area (TPSA) is 24.9 Å². The number of aryl methyl sites for hydroxylation is 1. The first kappa shape index (κ1) is 6.08. The van der Waals surface area contributed by atoms with Crippen LogP contribution in [0.2, 0.25) is 0 Å². The third-order valence-electron chi connectivity index (χ3n) is 1.25. The lowest BCUT2D eigenvalue weighted by Gasteiger charge is -1.99. The summed E-state index contributed by atoms with van der Waals surface area (Å²) in [6.07, 6.45) is 1.78. The Morgan fingerprint density at radius 1 is 1.56 bits per heavy atom. The van der Waals surface area contributed by atoms with Gasteiger partial charge in [-0.2, -0.15) is 0 Å². The van der Waals surface area contributed by atoms with Crippen molar-refractivity contribution in [3.63, 3.8) is 0 Å². The summed E-state index contributed by atoms with van der Waals surface area (Å²) in [5.74, 6) is 0.956. The van der Waals surface area contributed by atoms with Gasteiger partial charge in [-0.05, 0) is 18.6 Å². The number of nitrogens with zero attached hydrogens (tertiary/aromatic N) is 1. The van der Waals surface area contributed by atoms with Gasteiger partial charge in [-0.1, -0.05) is 6.07 Å². The SMILES string of the molecule is CNc1ncccc1C. The second-order valence-corrected chi connectivity index (χ2v) is 1.92. The minimum atomic E-state index is 0.956. The van der Waals surface area contributed by atoms with Gasteiger partial charge in [0.15, 0.2) is 0 Å². The number of nitrogens with one attached hydrogen (secondary N) is 1.